The minimum absolute atomic E-state index is 0. The quantitative estimate of drug-likeness (QED) is 0.0552. The zero-order valence-corrected chi connectivity index (χ0v) is 52.2. The number of piperidine rings is 1. The topological polar surface area (TPSA) is 248 Å². The molecule has 4 heterocycles. The summed E-state index contributed by atoms with van der Waals surface area (Å²) in [7, 11) is -7.35. The van der Waals surface area contributed by atoms with Crippen LogP contribution in [0.15, 0.2) is 120 Å². The Bertz CT molecular complexity index is 2920. The summed E-state index contributed by atoms with van der Waals surface area (Å²) >= 11 is 0. The molecule has 449 valence electrons. The smallest absolute Gasteiger partial charge is 1.00 e. The molecule has 4 aromatic rings. The number of carbonyl (C=O) groups is 2. The van der Waals surface area contributed by atoms with E-state index in [-0.39, 0.29) is 75.9 Å². The molecule has 8 rings (SSSR count). The van der Waals surface area contributed by atoms with Gasteiger partial charge < -0.3 is 50.9 Å². The van der Waals surface area contributed by atoms with Crippen LogP contribution in [0.4, 0.5) is 22.8 Å². The molecule has 4 aromatic carbocycles. The van der Waals surface area contributed by atoms with Gasteiger partial charge in [0.25, 0.3) is 0 Å². The van der Waals surface area contributed by atoms with E-state index in [2.05, 4.69) is 41.3 Å². The van der Waals surface area contributed by atoms with Crippen LogP contribution in [0.25, 0.3) is 5.70 Å². The van der Waals surface area contributed by atoms with Crippen molar-refractivity contribution >= 4 is 54.7 Å². The Balaban J connectivity index is 0.000000532. The van der Waals surface area contributed by atoms with Gasteiger partial charge in [0.15, 0.2) is 0 Å². The van der Waals surface area contributed by atoms with Gasteiger partial charge in [-0.15, -0.1) is 0 Å². The summed E-state index contributed by atoms with van der Waals surface area (Å²) in [6.45, 7) is 21.3. The van der Waals surface area contributed by atoms with Crippen molar-refractivity contribution < 1.29 is 106 Å². The van der Waals surface area contributed by atoms with E-state index in [1.54, 1.807) is 75.1 Å². The first-order valence-electron chi connectivity index (χ1n) is 26.9. The van der Waals surface area contributed by atoms with Crippen molar-refractivity contribution in [2.24, 2.45) is 28.7 Å². The number of hydrogen-bond donors (Lipinski definition) is 7. The number of nitrogens with zero attached hydrogens (tertiary/aromatic N) is 3. The number of hydrogen-bond acceptors (Lipinski definition) is 15. The molecule has 3 radical (unpaired) electrons. The molecule has 4 aliphatic rings. The third-order valence-electron chi connectivity index (χ3n) is 12.6. The number of amides is 2. The number of nitrogens with one attached hydrogen (secondary N) is 1. The van der Waals surface area contributed by atoms with E-state index in [0.717, 1.165) is 65.4 Å². The van der Waals surface area contributed by atoms with Crippen LogP contribution in [0.5, 0.6) is 23.0 Å². The molecule has 4 aliphatic heterocycles. The normalized spacial score (nSPS) is 19.7. The first kappa shape index (κ1) is 73.4. The molecule has 17 nitrogen and oxygen atoms in total. The summed E-state index contributed by atoms with van der Waals surface area (Å²) in [5.74, 6) is 2.02. The van der Waals surface area contributed by atoms with Gasteiger partial charge >= 0.3 is 64.5 Å². The average Bonchev–Trinajstić information content (AvgIpc) is 3.37. The summed E-state index contributed by atoms with van der Waals surface area (Å²) < 4.78 is 74.0. The van der Waals surface area contributed by atoms with Gasteiger partial charge in [-0.05, 0) is 181 Å². The number of phenolic OH excluding ortho intramolecular Hbond substituents is 4. The second kappa shape index (κ2) is 33.1. The van der Waals surface area contributed by atoms with Crippen molar-refractivity contribution in [1.82, 2.24) is 15.1 Å². The maximum Gasteiger partial charge on any atom is 1.00 e. The zero-order chi connectivity index (χ0) is 60.5. The van der Waals surface area contributed by atoms with Gasteiger partial charge in [0.2, 0.25) is 5.88 Å². The molecular weight excluding hydrogens is 1110 g/mol. The summed E-state index contributed by atoms with van der Waals surface area (Å²) in [4.78, 5) is 31.4. The standard InChI is InChI=1S/C17H23NO3.C12H18F3NO5S.C12H17NO.C12H15NO.C6H7BO3.B.Na.H/c1-12-8-9-15(13-6-5-7-14(19)10-13)18(11-12)16(20)21-17(2,3)4;1-8-5-6-9(21-22(18,19)12(13,14)15)16(7-8)10(17)20-11(2,3)4;2*1-9-5-6-12(13-8-9)10-3-2-4-11(14)7-10;8-6-3-1-2-5(4-6)7(9)10;;;/h5-7,9-10,12,19H,8,11H2,1-4H3;6,8H,5,7H2,1-4H3;2-4,7,9,12-14H,5-6,8H2,1H3;2-4,7,9,14H,5-6,8H2,1H3;1-4,8-10H;;;/q;;;;;;+1;-1. The molecule has 0 aliphatic carbocycles. The van der Waals surface area contributed by atoms with Gasteiger partial charge in [-0.1, -0.05) is 82.3 Å². The van der Waals surface area contributed by atoms with Crippen LogP contribution >= 0.6 is 0 Å². The zero-order valence-electron chi connectivity index (χ0n) is 50.4. The molecule has 7 N–H and O–H groups in total. The third kappa shape index (κ3) is 25.6. The van der Waals surface area contributed by atoms with E-state index in [4.69, 9.17) is 24.6 Å². The molecule has 5 atom stereocenters. The van der Waals surface area contributed by atoms with Crippen LogP contribution in [0.1, 0.15) is 132 Å². The van der Waals surface area contributed by atoms with E-state index in [1.165, 1.54) is 43.0 Å². The molecule has 24 heteroatoms. The Labute approximate surface area is 513 Å². The van der Waals surface area contributed by atoms with Crippen LogP contribution in [0.3, 0.4) is 0 Å². The van der Waals surface area contributed by atoms with Crippen LogP contribution in [-0.4, -0.2) is 125 Å². The fourth-order valence-corrected chi connectivity index (χ4v) is 8.87. The van der Waals surface area contributed by atoms with Gasteiger partial charge in [0.1, 0.15) is 34.2 Å². The fraction of sp³-hybridized carbons (Fsp3) is 0.475. The van der Waals surface area contributed by atoms with Gasteiger partial charge in [-0.3, -0.25) is 9.89 Å². The number of allylic oxidation sites excluding steroid dienone is 2. The van der Waals surface area contributed by atoms with Crippen molar-refractivity contribution in [2.45, 2.75) is 131 Å². The summed E-state index contributed by atoms with van der Waals surface area (Å²) in [6, 6.07) is 28.1. The average molecular weight is 1190 g/mol. The Morgan fingerprint density at radius 1 is 0.663 bits per heavy atom. The summed E-state index contributed by atoms with van der Waals surface area (Å²) in [5, 5.41) is 57.9. The Morgan fingerprint density at radius 3 is 1.63 bits per heavy atom. The van der Waals surface area contributed by atoms with Gasteiger partial charge in [0.05, 0.1) is 5.70 Å². The number of ether oxygens (including phenoxy) is 2. The van der Waals surface area contributed by atoms with Crippen LogP contribution < -0.4 is 40.3 Å². The SMILES string of the molecule is CC1CC=C(OS(=O)(=O)C(F)(F)F)N(C(=O)OC(C)(C)C)C1.CC1CC=C(c2cccc(O)c2)N(C(=O)OC(C)(C)C)C1.CC1CCC(c2cccc(O)c2)=NC1.CC1CCC(c2cccc(O)c2)NC1.OB(O)c1cccc(O)c1.[B].[H-].[Na+]. The van der Waals surface area contributed by atoms with Crippen molar-refractivity contribution in [3.05, 3.63) is 132 Å². The van der Waals surface area contributed by atoms with Crippen LogP contribution in [-0.2, 0) is 23.8 Å². The van der Waals surface area contributed by atoms with E-state index < -0.39 is 45.9 Å². The Morgan fingerprint density at radius 2 is 1.16 bits per heavy atom. The predicted octanol–water partition coefficient (Wildman–Crippen LogP) is 7.85. The van der Waals surface area contributed by atoms with Crippen LogP contribution in [0, 0.1) is 23.7 Å². The number of aromatic hydroxyl groups is 4. The van der Waals surface area contributed by atoms with E-state index in [1.807, 2.05) is 57.2 Å². The van der Waals surface area contributed by atoms with Crippen molar-refractivity contribution in [2.75, 3.05) is 26.2 Å². The minimum Gasteiger partial charge on any atom is -1.00 e. The Kier molecular flexibility index (Phi) is 29.3. The number of benzene rings is 4. The number of carbonyl (C=O) groups excluding carboxylic acids is 2. The molecule has 0 spiro atoms. The van der Waals surface area contributed by atoms with Crippen molar-refractivity contribution in [3.63, 3.8) is 0 Å². The third-order valence-corrected chi connectivity index (χ3v) is 13.5. The van der Waals surface area contributed by atoms with E-state index in [0.29, 0.717) is 41.4 Å². The van der Waals surface area contributed by atoms with Crippen molar-refractivity contribution in [1.29, 1.82) is 0 Å². The molecule has 2 amide bonds. The number of phenols is 4. The van der Waals surface area contributed by atoms with Gasteiger partial charge in [-0.2, -0.15) is 21.6 Å². The maximum atomic E-state index is 12.4. The van der Waals surface area contributed by atoms with Gasteiger partial charge in [-0.25, -0.2) is 14.5 Å². The number of alkyl halides is 3. The molecule has 5 unspecified atom stereocenters. The van der Waals surface area contributed by atoms with Crippen molar-refractivity contribution in [3.8, 4) is 23.0 Å². The first-order valence-corrected chi connectivity index (χ1v) is 28.3. The molecule has 0 aromatic heterocycles. The molecule has 1 saturated heterocycles. The molecule has 0 bridgehead atoms. The summed E-state index contributed by atoms with van der Waals surface area (Å²) in [6.07, 6.45) is 7.71. The predicted molar refractivity (Wildman–Crippen MR) is 314 cm³/mol. The van der Waals surface area contributed by atoms with E-state index in [9.17, 15) is 46.5 Å². The van der Waals surface area contributed by atoms with E-state index >= 15 is 0 Å². The number of aliphatic imine (C=N–C) groups is 1. The molecule has 83 heavy (non-hydrogen) atoms. The summed E-state index contributed by atoms with van der Waals surface area (Å²) in [5.41, 5.74) is -1.65. The maximum absolute atomic E-state index is 12.4. The Hall–Kier alpha value is -5.68. The van der Waals surface area contributed by atoms with Gasteiger partial charge in [0, 0.05) is 45.4 Å². The first-order chi connectivity index (χ1) is 37.7. The molecular formula is C59H81B2F3N4NaO13S. The largest absolute Gasteiger partial charge is 1.00 e. The fourth-order valence-electron chi connectivity index (χ4n) is 8.40. The number of halogens is 3. The number of rotatable bonds is 6. The molecule has 0 saturated carbocycles. The minimum atomic E-state index is -5.84. The monoisotopic (exact) mass is 1190 g/mol. The second-order valence-electron chi connectivity index (χ2n) is 22.7. The second-order valence-corrected chi connectivity index (χ2v) is 24.3. The van der Waals surface area contributed by atoms with Crippen LogP contribution in [0.2, 0.25) is 0 Å². The molecule has 1 fully saturated rings.